The highest BCUT2D eigenvalue weighted by atomic mass is 79.9. The Hall–Kier alpha value is -2.05. The predicted octanol–water partition coefficient (Wildman–Crippen LogP) is 4.67. The molecule has 0 spiro atoms. The third-order valence-electron chi connectivity index (χ3n) is 3.81. The van der Waals surface area contributed by atoms with Crippen LogP contribution >= 0.6 is 15.9 Å². The zero-order valence-electron chi connectivity index (χ0n) is 16.1. The lowest BCUT2D eigenvalue weighted by Gasteiger charge is -2.16. The summed E-state index contributed by atoms with van der Waals surface area (Å²) < 4.78 is 12.2. The highest BCUT2D eigenvalue weighted by molar-refractivity contribution is 9.10. The molecule has 6 heteroatoms. The second-order valence-electron chi connectivity index (χ2n) is 6.22. The fraction of sp³-hybridized carbons (Fsp3) is 0.381. The van der Waals surface area contributed by atoms with Gasteiger partial charge >= 0.3 is 0 Å². The molecule has 0 aliphatic heterocycles. The molecule has 0 radical (unpaired) electrons. The summed E-state index contributed by atoms with van der Waals surface area (Å²) in [5.41, 5.74) is 2.98. The van der Waals surface area contributed by atoms with Gasteiger partial charge in [0.05, 0.1) is 11.1 Å². The Kier molecular flexibility index (Phi) is 8.61. The standard InChI is InChI=1S/C21H27BrN2O3/c1-4-10-23-13-16-11-18(22)21(19(12-16)26-5-2)27-14-20(25)24-17-8-6-15(3)7-9-17/h6-9,11-12,23H,4-5,10,13-14H2,1-3H3,(H,24,25). The fourth-order valence-corrected chi connectivity index (χ4v) is 3.11. The molecule has 2 aromatic rings. The van der Waals surface area contributed by atoms with Crippen LogP contribution in [0, 0.1) is 6.92 Å². The summed E-state index contributed by atoms with van der Waals surface area (Å²) in [6.45, 7) is 8.18. The third-order valence-corrected chi connectivity index (χ3v) is 4.40. The summed E-state index contributed by atoms with van der Waals surface area (Å²) in [6.07, 6.45) is 1.08. The van der Waals surface area contributed by atoms with Gasteiger partial charge in [0.15, 0.2) is 18.1 Å². The van der Waals surface area contributed by atoms with Crippen molar-refractivity contribution in [1.29, 1.82) is 0 Å². The van der Waals surface area contributed by atoms with Crippen molar-refractivity contribution >= 4 is 27.5 Å². The maximum absolute atomic E-state index is 12.2. The fourth-order valence-electron chi connectivity index (χ4n) is 2.51. The third kappa shape index (κ3) is 6.88. The summed E-state index contributed by atoms with van der Waals surface area (Å²) in [6, 6.07) is 11.6. The molecule has 0 bridgehead atoms. The molecule has 146 valence electrons. The van der Waals surface area contributed by atoms with Crippen molar-refractivity contribution in [1.82, 2.24) is 5.32 Å². The van der Waals surface area contributed by atoms with E-state index in [0.717, 1.165) is 40.8 Å². The minimum Gasteiger partial charge on any atom is -0.490 e. The number of halogens is 1. The molecule has 0 saturated heterocycles. The van der Waals surface area contributed by atoms with Gasteiger partial charge in [-0.1, -0.05) is 24.6 Å². The van der Waals surface area contributed by atoms with E-state index in [1.807, 2.05) is 50.2 Å². The van der Waals surface area contributed by atoms with Crippen molar-refractivity contribution in [3.8, 4) is 11.5 Å². The van der Waals surface area contributed by atoms with E-state index in [2.05, 4.69) is 33.5 Å². The van der Waals surface area contributed by atoms with E-state index in [4.69, 9.17) is 9.47 Å². The molecule has 27 heavy (non-hydrogen) atoms. The van der Waals surface area contributed by atoms with Crippen molar-refractivity contribution in [2.45, 2.75) is 33.7 Å². The molecule has 2 rings (SSSR count). The average Bonchev–Trinajstić information content (AvgIpc) is 2.63. The smallest absolute Gasteiger partial charge is 0.262 e. The molecule has 0 aromatic heterocycles. The van der Waals surface area contributed by atoms with Gasteiger partial charge in [-0.2, -0.15) is 0 Å². The molecule has 1 amide bonds. The van der Waals surface area contributed by atoms with Gasteiger partial charge in [0.2, 0.25) is 0 Å². The Labute approximate surface area is 169 Å². The molecule has 0 fully saturated rings. The van der Waals surface area contributed by atoms with Crippen LogP contribution in [0.15, 0.2) is 40.9 Å². The highest BCUT2D eigenvalue weighted by Crippen LogP contribution is 2.37. The first-order chi connectivity index (χ1) is 13.0. The lowest BCUT2D eigenvalue weighted by molar-refractivity contribution is -0.118. The van der Waals surface area contributed by atoms with Gasteiger partial charge < -0.3 is 20.1 Å². The Morgan fingerprint density at radius 3 is 2.52 bits per heavy atom. The molecule has 0 saturated carbocycles. The number of ether oxygens (including phenoxy) is 2. The Balaban J connectivity index is 2.02. The monoisotopic (exact) mass is 434 g/mol. The van der Waals surface area contributed by atoms with Crippen LogP contribution in [-0.4, -0.2) is 25.7 Å². The van der Waals surface area contributed by atoms with E-state index in [9.17, 15) is 4.79 Å². The molecule has 0 atom stereocenters. The summed E-state index contributed by atoms with van der Waals surface area (Å²) in [5, 5.41) is 6.19. The molecule has 0 heterocycles. The van der Waals surface area contributed by atoms with Crippen LogP contribution in [0.5, 0.6) is 11.5 Å². The number of carbonyl (C=O) groups is 1. The summed E-state index contributed by atoms with van der Waals surface area (Å²) >= 11 is 3.54. The van der Waals surface area contributed by atoms with E-state index in [0.29, 0.717) is 18.1 Å². The first-order valence-electron chi connectivity index (χ1n) is 9.18. The maximum atomic E-state index is 12.2. The van der Waals surface area contributed by atoms with Gasteiger partial charge in [-0.05, 0) is 72.6 Å². The van der Waals surface area contributed by atoms with Crippen molar-refractivity contribution in [2.75, 3.05) is 25.1 Å². The Bertz CT molecular complexity index is 748. The normalized spacial score (nSPS) is 10.5. The zero-order chi connectivity index (χ0) is 19.6. The number of carbonyl (C=O) groups excluding carboxylic acids is 1. The molecular weight excluding hydrogens is 408 g/mol. The van der Waals surface area contributed by atoms with E-state index in [1.165, 1.54) is 0 Å². The maximum Gasteiger partial charge on any atom is 0.262 e. The molecular formula is C21H27BrN2O3. The molecule has 0 unspecified atom stereocenters. The Morgan fingerprint density at radius 1 is 1.11 bits per heavy atom. The van der Waals surface area contributed by atoms with E-state index in [-0.39, 0.29) is 12.5 Å². The minimum absolute atomic E-state index is 0.0972. The predicted molar refractivity (Wildman–Crippen MR) is 113 cm³/mol. The van der Waals surface area contributed by atoms with Crippen LogP contribution in [0.25, 0.3) is 0 Å². The number of rotatable bonds is 10. The molecule has 2 aromatic carbocycles. The Morgan fingerprint density at radius 2 is 1.85 bits per heavy atom. The summed E-state index contributed by atoms with van der Waals surface area (Å²) in [7, 11) is 0. The van der Waals surface area contributed by atoms with E-state index in [1.54, 1.807) is 0 Å². The number of benzene rings is 2. The molecule has 0 aliphatic rings. The number of nitrogens with one attached hydrogen (secondary N) is 2. The van der Waals surface area contributed by atoms with Crippen molar-refractivity contribution in [3.63, 3.8) is 0 Å². The van der Waals surface area contributed by atoms with Crippen molar-refractivity contribution < 1.29 is 14.3 Å². The van der Waals surface area contributed by atoms with Crippen LogP contribution < -0.4 is 20.1 Å². The second kappa shape index (κ2) is 10.9. The van der Waals surface area contributed by atoms with Crippen LogP contribution in [0.2, 0.25) is 0 Å². The van der Waals surface area contributed by atoms with E-state index >= 15 is 0 Å². The van der Waals surface area contributed by atoms with E-state index < -0.39 is 0 Å². The summed E-state index contributed by atoms with van der Waals surface area (Å²) in [5.74, 6) is 0.945. The highest BCUT2D eigenvalue weighted by Gasteiger charge is 2.14. The lowest BCUT2D eigenvalue weighted by Crippen LogP contribution is -2.20. The number of amides is 1. The van der Waals surface area contributed by atoms with Crippen LogP contribution in [0.3, 0.4) is 0 Å². The van der Waals surface area contributed by atoms with Crippen LogP contribution in [0.1, 0.15) is 31.4 Å². The number of hydrogen-bond acceptors (Lipinski definition) is 4. The van der Waals surface area contributed by atoms with Crippen molar-refractivity contribution in [3.05, 3.63) is 52.0 Å². The van der Waals surface area contributed by atoms with Gasteiger partial charge in [0.25, 0.3) is 5.91 Å². The second-order valence-corrected chi connectivity index (χ2v) is 7.07. The van der Waals surface area contributed by atoms with Gasteiger partial charge in [-0.15, -0.1) is 0 Å². The molecule has 2 N–H and O–H groups in total. The van der Waals surface area contributed by atoms with Gasteiger partial charge in [0.1, 0.15) is 0 Å². The first kappa shape index (κ1) is 21.3. The van der Waals surface area contributed by atoms with Gasteiger partial charge in [0, 0.05) is 12.2 Å². The quantitative estimate of drug-likeness (QED) is 0.533. The summed E-state index contributed by atoms with van der Waals surface area (Å²) in [4.78, 5) is 12.2. The number of hydrogen-bond donors (Lipinski definition) is 2. The van der Waals surface area contributed by atoms with Gasteiger partial charge in [-0.25, -0.2) is 0 Å². The first-order valence-corrected chi connectivity index (χ1v) is 9.98. The van der Waals surface area contributed by atoms with Crippen molar-refractivity contribution in [2.24, 2.45) is 0 Å². The number of anilines is 1. The SMILES string of the molecule is CCCNCc1cc(Br)c(OCC(=O)Nc2ccc(C)cc2)c(OCC)c1. The number of aryl methyl sites for hydroxylation is 1. The lowest BCUT2D eigenvalue weighted by atomic mass is 10.2. The largest absolute Gasteiger partial charge is 0.490 e. The van der Waals surface area contributed by atoms with Crippen LogP contribution in [-0.2, 0) is 11.3 Å². The minimum atomic E-state index is -0.220. The van der Waals surface area contributed by atoms with Crippen LogP contribution in [0.4, 0.5) is 5.69 Å². The molecule has 0 aliphatic carbocycles. The van der Waals surface area contributed by atoms with Gasteiger partial charge in [-0.3, -0.25) is 4.79 Å². The molecule has 5 nitrogen and oxygen atoms in total. The average molecular weight is 435 g/mol. The topological polar surface area (TPSA) is 59.6 Å². The zero-order valence-corrected chi connectivity index (χ0v) is 17.7.